The second kappa shape index (κ2) is 7.67. The van der Waals surface area contributed by atoms with Crippen molar-refractivity contribution in [3.63, 3.8) is 0 Å². The van der Waals surface area contributed by atoms with Crippen LogP contribution in [0.2, 0.25) is 0 Å². The van der Waals surface area contributed by atoms with E-state index in [0.29, 0.717) is 5.92 Å². The number of hydrogen-bond donors (Lipinski definition) is 1. The number of aromatic amines is 1. The van der Waals surface area contributed by atoms with Crippen LogP contribution in [0.4, 0.5) is 11.4 Å². The standard InChI is InChI=1S/C23H23N5O2/c1-29-18-7-17(8-19(10-18)30-2)28(13-15-3-4-15)16-5-6-20-21(9-16)27-23(12-25-20)22-11-24-14-26-22/h5-12,14-15H,3-4,13H2,1-2H3,(H,24,26). The summed E-state index contributed by atoms with van der Waals surface area (Å²) in [5, 5.41) is 0. The Hall–Kier alpha value is -3.61. The number of rotatable bonds is 7. The predicted octanol–water partition coefficient (Wildman–Crippen LogP) is 4.59. The Kier molecular flexibility index (Phi) is 4.71. The lowest BCUT2D eigenvalue weighted by atomic mass is 10.1. The highest BCUT2D eigenvalue weighted by molar-refractivity contribution is 5.82. The lowest BCUT2D eigenvalue weighted by molar-refractivity contribution is 0.394. The first kappa shape index (κ1) is 18.4. The summed E-state index contributed by atoms with van der Waals surface area (Å²) in [5.74, 6) is 2.23. The molecule has 7 heteroatoms. The Morgan fingerprint density at radius 2 is 1.73 bits per heavy atom. The normalized spacial score (nSPS) is 13.4. The average molecular weight is 401 g/mol. The van der Waals surface area contributed by atoms with E-state index < -0.39 is 0 Å². The van der Waals surface area contributed by atoms with E-state index in [2.05, 4.69) is 32.0 Å². The third-order valence-corrected chi connectivity index (χ3v) is 5.38. The maximum absolute atomic E-state index is 5.49. The topological polar surface area (TPSA) is 76.2 Å². The van der Waals surface area contributed by atoms with Crippen molar-refractivity contribution < 1.29 is 9.47 Å². The van der Waals surface area contributed by atoms with Gasteiger partial charge in [0.2, 0.25) is 0 Å². The smallest absolute Gasteiger partial charge is 0.124 e. The second-order valence-electron chi connectivity index (χ2n) is 7.51. The first-order valence-corrected chi connectivity index (χ1v) is 10.00. The summed E-state index contributed by atoms with van der Waals surface area (Å²) in [5.41, 5.74) is 5.32. The van der Waals surface area contributed by atoms with E-state index in [0.717, 1.165) is 51.8 Å². The Balaban J connectivity index is 1.58. The summed E-state index contributed by atoms with van der Waals surface area (Å²) in [6.45, 7) is 0.939. The molecule has 2 aromatic carbocycles. The van der Waals surface area contributed by atoms with Crippen molar-refractivity contribution in [1.29, 1.82) is 0 Å². The molecule has 1 aliphatic rings. The molecular formula is C23H23N5O2. The van der Waals surface area contributed by atoms with E-state index in [4.69, 9.17) is 14.5 Å². The minimum atomic E-state index is 0.694. The summed E-state index contributed by atoms with van der Waals surface area (Å²) in [6, 6.07) is 12.2. The highest BCUT2D eigenvalue weighted by Gasteiger charge is 2.26. The van der Waals surface area contributed by atoms with Gasteiger partial charge in [-0.15, -0.1) is 0 Å². The van der Waals surface area contributed by atoms with Gasteiger partial charge in [-0.25, -0.2) is 9.97 Å². The van der Waals surface area contributed by atoms with Crippen molar-refractivity contribution >= 4 is 22.4 Å². The number of nitrogens with zero attached hydrogens (tertiary/aromatic N) is 4. The fraction of sp³-hybridized carbons (Fsp3) is 0.261. The largest absolute Gasteiger partial charge is 0.497 e. The SMILES string of the molecule is COc1cc(OC)cc(N(CC2CC2)c2ccc3ncc(-c4c[nH]cn4)nc3c2)c1. The van der Waals surface area contributed by atoms with E-state index in [1.807, 2.05) is 30.5 Å². The second-order valence-corrected chi connectivity index (χ2v) is 7.51. The molecule has 1 aliphatic carbocycles. The number of ether oxygens (including phenoxy) is 2. The Morgan fingerprint density at radius 1 is 0.933 bits per heavy atom. The van der Waals surface area contributed by atoms with Gasteiger partial charge < -0.3 is 19.4 Å². The minimum absolute atomic E-state index is 0.694. The van der Waals surface area contributed by atoms with Gasteiger partial charge in [0, 0.05) is 42.3 Å². The Morgan fingerprint density at radius 3 is 2.40 bits per heavy atom. The highest BCUT2D eigenvalue weighted by Crippen LogP contribution is 2.38. The molecule has 0 aliphatic heterocycles. The molecule has 152 valence electrons. The maximum atomic E-state index is 5.49. The van der Waals surface area contributed by atoms with E-state index >= 15 is 0 Å². The molecule has 0 radical (unpaired) electrons. The molecule has 1 N–H and O–H groups in total. The minimum Gasteiger partial charge on any atom is -0.497 e. The fourth-order valence-corrected chi connectivity index (χ4v) is 3.56. The van der Waals surface area contributed by atoms with Crippen LogP contribution < -0.4 is 14.4 Å². The van der Waals surface area contributed by atoms with Gasteiger partial charge in [-0.2, -0.15) is 0 Å². The quantitative estimate of drug-likeness (QED) is 0.488. The van der Waals surface area contributed by atoms with Gasteiger partial charge in [-0.1, -0.05) is 0 Å². The van der Waals surface area contributed by atoms with Crippen molar-refractivity contribution in [3.8, 4) is 22.9 Å². The number of H-pyrrole nitrogens is 1. The van der Waals surface area contributed by atoms with Crippen molar-refractivity contribution in [3.05, 3.63) is 55.1 Å². The summed E-state index contributed by atoms with van der Waals surface area (Å²) < 4.78 is 11.0. The Labute approximate surface area is 174 Å². The van der Waals surface area contributed by atoms with Gasteiger partial charge in [-0.3, -0.25) is 4.98 Å². The molecule has 5 rings (SSSR count). The van der Waals surface area contributed by atoms with Crippen LogP contribution >= 0.6 is 0 Å². The van der Waals surface area contributed by atoms with Crippen molar-refractivity contribution in [2.24, 2.45) is 5.92 Å². The zero-order valence-electron chi connectivity index (χ0n) is 17.0. The number of aromatic nitrogens is 4. The summed E-state index contributed by atoms with van der Waals surface area (Å²) >= 11 is 0. The molecule has 1 saturated carbocycles. The number of imidazole rings is 1. The summed E-state index contributed by atoms with van der Waals surface area (Å²) in [4.78, 5) is 18.9. The van der Waals surface area contributed by atoms with Crippen molar-refractivity contribution in [1.82, 2.24) is 19.9 Å². The molecule has 0 spiro atoms. The van der Waals surface area contributed by atoms with E-state index in [1.54, 1.807) is 26.7 Å². The molecule has 7 nitrogen and oxygen atoms in total. The molecule has 0 bridgehead atoms. The van der Waals surface area contributed by atoms with Crippen LogP contribution in [0.1, 0.15) is 12.8 Å². The zero-order chi connectivity index (χ0) is 20.5. The number of anilines is 2. The molecule has 30 heavy (non-hydrogen) atoms. The fourth-order valence-electron chi connectivity index (χ4n) is 3.56. The van der Waals surface area contributed by atoms with Gasteiger partial charge in [0.05, 0.1) is 37.8 Å². The van der Waals surface area contributed by atoms with Gasteiger partial charge in [0.15, 0.2) is 0 Å². The van der Waals surface area contributed by atoms with Crippen LogP contribution in [0.5, 0.6) is 11.5 Å². The number of nitrogens with one attached hydrogen (secondary N) is 1. The first-order chi connectivity index (χ1) is 14.7. The lowest BCUT2D eigenvalue weighted by Gasteiger charge is -2.26. The molecule has 1 fully saturated rings. The molecule has 0 unspecified atom stereocenters. The van der Waals surface area contributed by atoms with E-state index in [-0.39, 0.29) is 0 Å². The summed E-state index contributed by atoms with van der Waals surface area (Å²) in [7, 11) is 3.35. The van der Waals surface area contributed by atoms with Crippen LogP contribution in [-0.2, 0) is 0 Å². The third-order valence-electron chi connectivity index (χ3n) is 5.38. The highest BCUT2D eigenvalue weighted by atomic mass is 16.5. The molecule has 0 amide bonds. The van der Waals surface area contributed by atoms with Crippen LogP contribution in [0, 0.1) is 5.92 Å². The van der Waals surface area contributed by atoms with Crippen molar-refractivity contribution in [2.75, 3.05) is 25.7 Å². The Bertz CT molecular complexity index is 1150. The van der Waals surface area contributed by atoms with Crippen LogP contribution in [0.3, 0.4) is 0 Å². The van der Waals surface area contributed by atoms with Gasteiger partial charge in [0.25, 0.3) is 0 Å². The van der Waals surface area contributed by atoms with Gasteiger partial charge in [-0.05, 0) is 37.0 Å². The maximum Gasteiger partial charge on any atom is 0.124 e. The molecule has 2 heterocycles. The zero-order valence-corrected chi connectivity index (χ0v) is 17.0. The monoisotopic (exact) mass is 401 g/mol. The molecule has 0 saturated heterocycles. The number of fused-ring (bicyclic) bond motifs is 1. The molecule has 0 atom stereocenters. The van der Waals surface area contributed by atoms with Crippen LogP contribution in [-0.4, -0.2) is 40.7 Å². The first-order valence-electron chi connectivity index (χ1n) is 10.00. The number of benzene rings is 2. The molecule has 2 aromatic heterocycles. The predicted molar refractivity (Wildman–Crippen MR) is 116 cm³/mol. The number of methoxy groups -OCH3 is 2. The van der Waals surface area contributed by atoms with E-state index in [1.165, 1.54) is 12.8 Å². The lowest BCUT2D eigenvalue weighted by Crippen LogP contribution is -2.20. The molecular weight excluding hydrogens is 378 g/mol. The summed E-state index contributed by atoms with van der Waals surface area (Å²) in [6.07, 6.45) is 7.74. The van der Waals surface area contributed by atoms with Gasteiger partial charge >= 0.3 is 0 Å². The number of hydrogen-bond acceptors (Lipinski definition) is 6. The third kappa shape index (κ3) is 3.66. The average Bonchev–Trinajstić information content (AvgIpc) is 3.45. The van der Waals surface area contributed by atoms with Crippen LogP contribution in [0.25, 0.3) is 22.4 Å². The van der Waals surface area contributed by atoms with Gasteiger partial charge in [0.1, 0.15) is 22.9 Å². The van der Waals surface area contributed by atoms with Crippen LogP contribution in [0.15, 0.2) is 55.1 Å². The molecule has 4 aromatic rings. The van der Waals surface area contributed by atoms with Crippen molar-refractivity contribution in [2.45, 2.75) is 12.8 Å². The van der Waals surface area contributed by atoms with E-state index in [9.17, 15) is 0 Å².